The summed E-state index contributed by atoms with van der Waals surface area (Å²) in [5.41, 5.74) is 5.25. The van der Waals surface area contributed by atoms with E-state index >= 15 is 0 Å². The molecule has 0 aliphatic carbocycles. The van der Waals surface area contributed by atoms with Crippen LogP contribution in [0.5, 0.6) is 0 Å². The highest BCUT2D eigenvalue weighted by Gasteiger charge is 2.41. The summed E-state index contributed by atoms with van der Waals surface area (Å²) in [5, 5.41) is 7.91. The van der Waals surface area contributed by atoms with E-state index < -0.39 is 0 Å². The van der Waals surface area contributed by atoms with Crippen molar-refractivity contribution in [2.75, 3.05) is 11.9 Å². The maximum absolute atomic E-state index is 13.3. The van der Waals surface area contributed by atoms with Gasteiger partial charge in [-0.15, -0.1) is 0 Å². The molecule has 0 unspecified atom stereocenters. The molecule has 0 saturated carbocycles. The van der Waals surface area contributed by atoms with Crippen LogP contribution < -0.4 is 10.6 Å². The molecule has 1 fully saturated rings. The molecule has 3 heterocycles. The van der Waals surface area contributed by atoms with Crippen LogP contribution in [0.3, 0.4) is 0 Å². The van der Waals surface area contributed by atoms with E-state index in [1.807, 2.05) is 49.1 Å². The van der Waals surface area contributed by atoms with Gasteiger partial charge in [-0.3, -0.25) is 9.78 Å². The molecule has 2 N–H and O–H groups in total. The maximum Gasteiger partial charge on any atom is 0.226 e. The lowest BCUT2D eigenvalue weighted by atomic mass is 9.96. The minimum absolute atomic E-state index is 0.187. The minimum Gasteiger partial charge on any atom is -0.352 e. The lowest BCUT2D eigenvalue weighted by molar-refractivity contribution is -0.116. The highest BCUT2D eigenvalue weighted by Crippen LogP contribution is 2.42. The third-order valence-electron chi connectivity index (χ3n) is 6.85. The number of rotatable bonds is 7. The summed E-state index contributed by atoms with van der Waals surface area (Å²) in [5.74, 6) is -0.551. The number of nitrogens with zero attached hydrogens (tertiary/aromatic N) is 3. The number of aromatic nitrogens is 2. The molecule has 1 saturated heterocycles. The molecule has 39 heavy (non-hydrogen) atoms. The van der Waals surface area contributed by atoms with Crippen molar-refractivity contribution < 1.29 is 9.18 Å². The number of benzene rings is 2. The number of anilines is 1. The van der Waals surface area contributed by atoms with Crippen molar-refractivity contribution in [1.29, 1.82) is 0 Å². The summed E-state index contributed by atoms with van der Waals surface area (Å²) >= 11 is 18.5. The van der Waals surface area contributed by atoms with E-state index in [0.29, 0.717) is 27.4 Å². The van der Waals surface area contributed by atoms with Crippen molar-refractivity contribution in [2.45, 2.75) is 32.4 Å². The van der Waals surface area contributed by atoms with E-state index in [1.165, 1.54) is 24.3 Å². The van der Waals surface area contributed by atoms with Crippen LogP contribution >= 0.6 is 35.4 Å². The summed E-state index contributed by atoms with van der Waals surface area (Å²) < 4.78 is 15.4. The Morgan fingerprint density at radius 3 is 2.56 bits per heavy atom. The Labute approximate surface area is 241 Å². The molecule has 10 heteroatoms. The smallest absolute Gasteiger partial charge is 0.226 e. The van der Waals surface area contributed by atoms with Gasteiger partial charge in [0.15, 0.2) is 5.11 Å². The molecule has 0 bridgehead atoms. The number of halogens is 3. The topological polar surface area (TPSA) is 62.2 Å². The number of carbonyl (C=O) groups excluding carboxylic acids is 1. The van der Waals surface area contributed by atoms with Crippen LogP contribution in [0.15, 0.2) is 72.9 Å². The number of hydrogen-bond acceptors (Lipinski definition) is 3. The zero-order chi connectivity index (χ0) is 27.7. The number of nitrogens with one attached hydrogen (secondary N) is 2. The van der Waals surface area contributed by atoms with Crippen LogP contribution in [-0.2, 0) is 4.79 Å². The highest BCUT2D eigenvalue weighted by atomic mass is 35.5. The lowest BCUT2D eigenvalue weighted by Crippen LogP contribution is -2.32. The molecule has 2 atom stereocenters. The van der Waals surface area contributed by atoms with Gasteiger partial charge in [-0.05, 0) is 92.3 Å². The van der Waals surface area contributed by atoms with Crippen molar-refractivity contribution >= 4 is 52.1 Å². The lowest BCUT2D eigenvalue weighted by Gasteiger charge is -2.28. The Morgan fingerprint density at radius 2 is 1.87 bits per heavy atom. The number of pyridine rings is 1. The van der Waals surface area contributed by atoms with E-state index in [4.69, 9.17) is 35.4 Å². The van der Waals surface area contributed by atoms with Crippen LogP contribution in [0.25, 0.3) is 5.69 Å². The van der Waals surface area contributed by atoms with Gasteiger partial charge in [0.25, 0.3) is 0 Å². The van der Waals surface area contributed by atoms with Gasteiger partial charge in [0.05, 0.1) is 28.5 Å². The van der Waals surface area contributed by atoms with Gasteiger partial charge in [-0.2, -0.15) is 0 Å². The third kappa shape index (κ3) is 5.64. The molecule has 1 aliphatic rings. The standard InChI is InChI=1S/C29H26Cl2FN5OS/c1-17-15-22(18(2)37(17)25-11-6-19(30)16-23(25)31)28-27(24-5-3-4-13-33-24)35-29(39)36(28)14-12-26(38)34-21-9-7-20(32)8-10-21/h3-11,13,15-16,27-28H,12,14H2,1-2H3,(H,34,38)(H,35,39)/t27-,28-/m0/s1. The Bertz CT molecular complexity index is 1530. The fourth-order valence-electron chi connectivity index (χ4n) is 5.08. The Morgan fingerprint density at radius 1 is 1.10 bits per heavy atom. The van der Waals surface area contributed by atoms with E-state index in [9.17, 15) is 9.18 Å². The summed E-state index contributed by atoms with van der Waals surface area (Å²) in [6.07, 6.45) is 1.94. The highest BCUT2D eigenvalue weighted by molar-refractivity contribution is 7.80. The average molecular weight is 583 g/mol. The van der Waals surface area contributed by atoms with Crippen molar-refractivity contribution in [3.8, 4) is 5.69 Å². The number of aryl methyl sites for hydroxylation is 1. The van der Waals surface area contributed by atoms with Gasteiger partial charge in [0.2, 0.25) is 5.91 Å². The average Bonchev–Trinajstić information content (AvgIpc) is 3.39. The number of amides is 1. The first-order chi connectivity index (χ1) is 18.7. The predicted octanol–water partition coefficient (Wildman–Crippen LogP) is 6.94. The third-order valence-corrected chi connectivity index (χ3v) is 7.74. The molecule has 6 nitrogen and oxygen atoms in total. The van der Waals surface area contributed by atoms with Crippen LogP contribution in [0.4, 0.5) is 10.1 Å². The fourth-order valence-corrected chi connectivity index (χ4v) is 5.91. The molecular formula is C29H26Cl2FN5OS. The first-order valence-corrected chi connectivity index (χ1v) is 13.6. The van der Waals surface area contributed by atoms with E-state index in [2.05, 4.69) is 26.3 Å². The minimum atomic E-state index is -0.359. The Kier molecular flexibility index (Phi) is 7.88. The van der Waals surface area contributed by atoms with Crippen LogP contribution in [-0.4, -0.2) is 32.0 Å². The van der Waals surface area contributed by atoms with Gasteiger partial charge in [-0.1, -0.05) is 29.3 Å². The van der Waals surface area contributed by atoms with Crippen LogP contribution in [0.2, 0.25) is 10.0 Å². The van der Waals surface area contributed by atoms with Crippen molar-refractivity contribution in [1.82, 2.24) is 19.8 Å². The molecule has 1 amide bonds. The first-order valence-electron chi connectivity index (χ1n) is 12.4. The maximum atomic E-state index is 13.3. The second-order valence-electron chi connectivity index (χ2n) is 9.38. The number of carbonyl (C=O) groups is 1. The summed E-state index contributed by atoms with van der Waals surface area (Å²) in [7, 11) is 0. The van der Waals surface area contributed by atoms with E-state index in [0.717, 1.165) is 28.3 Å². The van der Waals surface area contributed by atoms with Gasteiger partial charge in [-0.25, -0.2) is 4.39 Å². The van der Waals surface area contributed by atoms with Crippen molar-refractivity contribution in [2.24, 2.45) is 0 Å². The largest absolute Gasteiger partial charge is 0.352 e. The van der Waals surface area contributed by atoms with Gasteiger partial charge in [0.1, 0.15) is 5.82 Å². The summed E-state index contributed by atoms with van der Waals surface area (Å²) in [4.78, 5) is 19.4. The quantitative estimate of drug-likeness (QED) is 0.231. The second kappa shape index (κ2) is 11.3. The summed E-state index contributed by atoms with van der Waals surface area (Å²) in [6.45, 7) is 4.44. The van der Waals surface area contributed by atoms with Gasteiger partial charge in [0, 0.05) is 41.3 Å². The van der Waals surface area contributed by atoms with Crippen molar-refractivity contribution in [3.05, 3.63) is 111 Å². The van der Waals surface area contributed by atoms with E-state index in [1.54, 1.807) is 12.3 Å². The van der Waals surface area contributed by atoms with E-state index in [-0.39, 0.29) is 30.2 Å². The zero-order valence-corrected chi connectivity index (χ0v) is 23.6. The van der Waals surface area contributed by atoms with Crippen molar-refractivity contribution in [3.63, 3.8) is 0 Å². The van der Waals surface area contributed by atoms with Gasteiger partial charge < -0.3 is 20.1 Å². The molecule has 2 aromatic carbocycles. The molecule has 0 radical (unpaired) electrons. The molecule has 4 aromatic rings. The molecular weight excluding hydrogens is 556 g/mol. The summed E-state index contributed by atoms with van der Waals surface area (Å²) in [6, 6.07) is 18.6. The Hall–Kier alpha value is -3.46. The van der Waals surface area contributed by atoms with Crippen LogP contribution in [0.1, 0.15) is 41.1 Å². The number of hydrogen-bond donors (Lipinski definition) is 2. The molecule has 5 rings (SSSR count). The van der Waals surface area contributed by atoms with Crippen LogP contribution in [0, 0.1) is 19.7 Å². The molecule has 0 spiro atoms. The Balaban J connectivity index is 1.48. The SMILES string of the molecule is Cc1cc([C@H]2[C@H](c3ccccn3)NC(=S)N2CCC(=O)Nc2ccc(F)cc2)c(C)n1-c1ccc(Cl)cc1Cl. The fraction of sp³-hybridized carbons (Fsp3) is 0.207. The molecule has 200 valence electrons. The monoisotopic (exact) mass is 581 g/mol. The van der Waals surface area contributed by atoms with Gasteiger partial charge >= 0.3 is 0 Å². The predicted molar refractivity (Wildman–Crippen MR) is 157 cm³/mol. The molecule has 2 aromatic heterocycles. The normalized spacial score (nSPS) is 16.8. The molecule has 1 aliphatic heterocycles. The number of thiocarbonyl (C=S) groups is 1. The second-order valence-corrected chi connectivity index (χ2v) is 10.6. The zero-order valence-electron chi connectivity index (χ0n) is 21.3. The first kappa shape index (κ1) is 27.1.